The molecule has 1 aliphatic rings. The average molecular weight is 269 g/mol. The van der Waals surface area contributed by atoms with E-state index in [1.165, 1.54) is 0 Å². The smallest absolute Gasteiger partial charge is 0.274 e. The lowest BCUT2D eigenvalue weighted by Gasteiger charge is -2.20. The Bertz CT molecular complexity index is 423. The number of aromatic nitrogens is 2. The summed E-state index contributed by atoms with van der Waals surface area (Å²) in [6.07, 6.45) is 1.14. The predicted octanol–water partition coefficient (Wildman–Crippen LogP) is 1.15. The molecule has 1 unspecified atom stereocenters. The Kier molecular flexibility index (Phi) is 4.14. The average Bonchev–Trinajstić information content (AvgIpc) is 2.75. The zero-order valence-corrected chi connectivity index (χ0v) is 11.4. The Morgan fingerprint density at radius 2 is 2.33 bits per heavy atom. The van der Waals surface area contributed by atoms with Crippen LogP contribution in [-0.4, -0.2) is 59.6 Å². The van der Waals surface area contributed by atoms with Gasteiger partial charge >= 0.3 is 0 Å². The van der Waals surface area contributed by atoms with Gasteiger partial charge in [-0.15, -0.1) is 10.2 Å². The number of hydrogen-bond donors (Lipinski definition) is 0. The lowest BCUT2D eigenvalue weighted by Crippen LogP contribution is -2.33. The molecule has 0 N–H and O–H groups in total. The van der Waals surface area contributed by atoms with Crippen molar-refractivity contribution in [3.63, 3.8) is 0 Å². The van der Waals surface area contributed by atoms with E-state index in [-0.39, 0.29) is 5.91 Å². The Morgan fingerprint density at radius 3 is 2.89 bits per heavy atom. The van der Waals surface area contributed by atoms with Gasteiger partial charge in [-0.05, 0) is 38.1 Å². The van der Waals surface area contributed by atoms with Crippen LogP contribution in [0.5, 0.6) is 0 Å². The molecule has 6 heteroatoms. The fourth-order valence-corrected chi connectivity index (χ4v) is 2.37. The lowest BCUT2D eigenvalue weighted by molar-refractivity contribution is 0.0767. The fraction of sp³-hybridized carbons (Fsp3) is 0.583. The second-order valence-electron chi connectivity index (χ2n) is 4.84. The van der Waals surface area contributed by atoms with Gasteiger partial charge in [-0.25, -0.2) is 0 Å². The molecule has 98 valence electrons. The van der Waals surface area contributed by atoms with E-state index in [0.717, 1.165) is 26.1 Å². The van der Waals surface area contributed by atoms with Crippen molar-refractivity contribution in [1.82, 2.24) is 20.0 Å². The second kappa shape index (κ2) is 5.63. The summed E-state index contributed by atoms with van der Waals surface area (Å²) in [5, 5.41) is 7.79. The standard InChI is InChI=1S/C12H17ClN4O/c1-16-6-5-9(7-16)8-17(2)12(18)10-3-4-11(13)15-14-10/h3-4,9H,5-8H2,1-2H3. The number of hydrogen-bond acceptors (Lipinski definition) is 4. The van der Waals surface area contributed by atoms with Crippen LogP contribution in [-0.2, 0) is 0 Å². The van der Waals surface area contributed by atoms with Crippen LogP contribution in [0, 0.1) is 5.92 Å². The molecule has 1 aromatic heterocycles. The maximum absolute atomic E-state index is 12.1. The van der Waals surface area contributed by atoms with E-state index in [4.69, 9.17) is 11.6 Å². The van der Waals surface area contributed by atoms with Gasteiger partial charge in [-0.1, -0.05) is 11.6 Å². The Balaban J connectivity index is 1.94. The van der Waals surface area contributed by atoms with Crippen LogP contribution in [0.1, 0.15) is 16.9 Å². The van der Waals surface area contributed by atoms with Gasteiger partial charge in [-0.2, -0.15) is 0 Å². The van der Waals surface area contributed by atoms with Crippen LogP contribution in [0.3, 0.4) is 0 Å². The second-order valence-corrected chi connectivity index (χ2v) is 5.23. The van der Waals surface area contributed by atoms with Crippen molar-refractivity contribution in [2.24, 2.45) is 5.92 Å². The number of halogens is 1. The fourth-order valence-electron chi connectivity index (χ4n) is 2.27. The molecule has 18 heavy (non-hydrogen) atoms. The molecular weight excluding hydrogens is 252 g/mol. The molecule has 5 nitrogen and oxygen atoms in total. The molecule has 1 fully saturated rings. The minimum absolute atomic E-state index is 0.103. The summed E-state index contributed by atoms with van der Waals surface area (Å²) in [4.78, 5) is 16.1. The van der Waals surface area contributed by atoms with E-state index in [1.807, 2.05) is 0 Å². The molecule has 0 aromatic carbocycles. The number of rotatable bonds is 3. The monoisotopic (exact) mass is 268 g/mol. The summed E-state index contributed by atoms with van der Waals surface area (Å²) in [5.41, 5.74) is 0.341. The van der Waals surface area contributed by atoms with E-state index in [1.54, 1.807) is 24.1 Å². The summed E-state index contributed by atoms with van der Waals surface area (Å²) >= 11 is 5.65. The third kappa shape index (κ3) is 3.17. The van der Waals surface area contributed by atoms with Gasteiger partial charge in [0.2, 0.25) is 0 Å². The maximum atomic E-state index is 12.1. The van der Waals surface area contributed by atoms with Crippen molar-refractivity contribution in [3.05, 3.63) is 23.0 Å². The van der Waals surface area contributed by atoms with E-state index in [9.17, 15) is 4.79 Å². The third-order valence-electron chi connectivity index (χ3n) is 3.22. The molecule has 1 aromatic rings. The van der Waals surface area contributed by atoms with Crippen LogP contribution >= 0.6 is 11.6 Å². The SMILES string of the molecule is CN1CCC(CN(C)C(=O)c2ccc(Cl)nn2)C1. The van der Waals surface area contributed by atoms with Crippen LogP contribution in [0.2, 0.25) is 5.15 Å². The van der Waals surface area contributed by atoms with Gasteiger partial charge in [-0.3, -0.25) is 4.79 Å². The predicted molar refractivity (Wildman–Crippen MR) is 69.6 cm³/mol. The van der Waals surface area contributed by atoms with Crippen molar-refractivity contribution in [2.45, 2.75) is 6.42 Å². The molecular formula is C12H17ClN4O. The molecule has 2 heterocycles. The molecule has 0 bridgehead atoms. The van der Waals surface area contributed by atoms with Gasteiger partial charge in [0.05, 0.1) is 0 Å². The maximum Gasteiger partial charge on any atom is 0.274 e. The highest BCUT2D eigenvalue weighted by Crippen LogP contribution is 2.16. The topological polar surface area (TPSA) is 49.3 Å². The summed E-state index contributed by atoms with van der Waals surface area (Å²) in [5.74, 6) is 0.443. The number of amides is 1. The highest BCUT2D eigenvalue weighted by atomic mass is 35.5. The van der Waals surface area contributed by atoms with Crippen molar-refractivity contribution < 1.29 is 4.79 Å². The molecule has 0 radical (unpaired) electrons. The molecule has 1 aliphatic heterocycles. The van der Waals surface area contributed by atoms with E-state index in [0.29, 0.717) is 16.8 Å². The van der Waals surface area contributed by atoms with E-state index < -0.39 is 0 Å². The van der Waals surface area contributed by atoms with Crippen molar-refractivity contribution in [2.75, 3.05) is 33.7 Å². The van der Waals surface area contributed by atoms with Gasteiger partial charge in [0.25, 0.3) is 5.91 Å². The molecule has 1 atom stereocenters. The van der Waals surface area contributed by atoms with Crippen molar-refractivity contribution in [1.29, 1.82) is 0 Å². The summed E-state index contributed by atoms with van der Waals surface area (Å²) in [6, 6.07) is 3.19. The van der Waals surface area contributed by atoms with Crippen LogP contribution in [0.4, 0.5) is 0 Å². The summed E-state index contributed by atoms with van der Waals surface area (Å²) in [7, 11) is 3.91. The van der Waals surface area contributed by atoms with Gasteiger partial charge in [0.1, 0.15) is 0 Å². The number of carbonyl (C=O) groups is 1. The summed E-state index contributed by atoms with van der Waals surface area (Å²) in [6.45, 7) is 2.91. The Hall–Kier alpha value is -1.20. The number of nitrogens with zero attached hydrogens (tertiary/aromatic N) is 4. The number of carbonyl (C=O) groups excluding carboxylic acids is 1. The van der Waals surface area contributed by atoms with Crippen molar-refractivity contribution >= 4 is 17.5 Å². The van der Waals surface area contributed by atoms with Crippen molar-refractivity contribution in [3.8, 4) is 0 Å². The minimum atomic E-state index is -0.103. The Morgan fingerprint density at radius 1 is 1.56 bits per heavy atom. The molecule has 1 amide bonds. The first-order valence-corrected chi connectivity index (χ1v) is 6.37. The molecule has 0 saturated carbocycles. The molecule has 0 spiro atoms. The summed E-state index contributed by atoms with van der Waals surface area (Å²) < 4.78 is 0. The van der Waals surface area contributed by atoms with Crippen LogP contribution < -0.4 is 0 Å². The van der Waals surface area contributed by atoms with Gasteiger partial charge in [0, 0.05) is 20.1 Å². The first kappa shape index (κ1) is 13.2. The van der Waals surface area contributed by atoms with Crippen LogP contribution in [0.25, 0.3) is 0 Å². The first-order chi connectivity index (χ1) is 8.56. The third-order valence-corrected chi connectivity index (χ3v) is 3.42. The van der Waals surface area contributed by atoms with E-state index in [2.05, 4.69) is 22.1 Å². The Labute approximate surface area is 112 Å². The number of likely N-dealkylation sites (tertiary alicyclic amines) is 1. The van der Waals surface area contributed by atoms with Crippen LogP contribution in [0.15, 0.2) is 12.1 Å². The minimum Gasteiger partial charge on any atom is -0.340 e. The largest absolute Gasteiger partial charge is 0.340 e. The van der Waals surface area contributed by atoms with Gasteiger partial charge in [0.15, 0.2) is 10.8 Å². The zero-order valence-electron chi connectivity index (χ0n) is 10.6. The van der Waals surface area contributed by atoms with E-state index >= 15 is 0 Å². The lowest BCUT2D eigenvalue weighted by atomic mass is 10.1. The highest BCUT2D eigenvalue weighted by Gasteiger charge is 2.23. The zero-order chi connectivity index (χ0) is 13.1. The van der Waals surface area contributed by atoms with Gasteiger partial charge < -0.3 is 9.80 Å². The highest BCUT2D eigenvalue weighted by molar-refractivity contribution is 6.29. The molecule has 0 aliphatic carbocycles. The quantitative estimate of drug-likeness (QED) is 0.825. The normalized spacial score (nSPS) is 20.1. The molecule has 2 rings (SSSR count). The molecule has 1 saturated heterocycles. The first-order valence-electron chi connectivity index (χ1n) is 5.99.